The Morgan fingerprint density at radius 2 is 1.83 bits per heavy atom. The van der Waals surface area contributed by atoms with Gasteiger partial charge in [0.1, 0.15) is 0 Å². The van der Waals surface area contributed by atoms with Gasteiger partial charge < -0.3 is 24.8 Å². The van der Waals surface area contributed by atoms with Gasteiger partial charge in [-0.15, -0.1) is 0 Å². The van der Waals surface area contributed by atoms with Gasteiger partial charge in [0.25, 0.3) is 5.91 Å². The first-order chi connectivity index (χ1) is 20.4. The molecule has 2 aliphatic rings. The van der Waals surface area contributed by atoms with Crippen molar-refractivity contribution < 1.29 is 19.4 Å². The summed E-state index contributed by atoms with van der Waals surface area (Å²) in [6.45, 7) is 7.19. The van der Waals surface area contributed by atoms with Crippen LogP contribution in [0.15, 0.2) is 72.8 Å². The molecular formula is C34H40N4O4. The van der Waals surface area contributed by atoms with Crippen LogP contribution in [0.2, 0.25) is 0 Å². The minimum absolute atomic E-state index is 0.0911. The quantitative estimate of drug-likeness (QED) is 0.274. The van der Waals surface area contributed by atoms with Gasteiger partial charge in [-0.25, -0.2) is 0 Å². The maximum Gasteiger partial charge on any atom is 0.251 e. The van der Waals surface area contributed by atoms with Crippen molar-refractivity contribution in [1.82, 2.24) is 15.5 Å². The molecule has 0 bridgehead atoms. The van der Waals surface area contributed by atoms with Crippen LogP contribution >= 0.6 is 0 Å². The number of carbonyl (C=O) groups excluding carboxylic acids is 1. The molecule has 3 unspecified atom stereocenters. The molecule has 0 saturated carbocycles. The Kier molecular flexibility index (Phi) is 8.29. The van der Waals surface area contributed by atoms with E-state index in [-0.39, 0.29) is 23.4 Å². The Labute approximate surface area is 247 Å². The molecule has 2 aliphatic heterocycles. The van der Waals surface area contributed by atoms with Gasteiger partial charge in [0.15, 0.2) is 0 Å². The number of hydrogen-bond donors (Lipinski definition) is 3. The molecule has 0 aliphatic carbocycles. The molecule has 3 heterocycles. The molecule has 3 aromatic carbocycles. The van der Waals surface area contributed by atoms with Crippen molar-refractivity contribution in [3.63, 3.8) is 0 Å². The molecule has 1 aromatic heterocycles. The molecule has 220 valence electrons. The molecule has 0 radical (unpaired) electrons. The highest BCUT2D eigenvalue weighted by Gasteiger charge is 2.35. The highest BCUT2D eigenvalue weighted by Crippen LogP contribution is 2.35. The van der Waals surface area contributed by atoms with Crippen molar-refractivity contribution in [2.75, 3.05) is 37.9 Å². The lowest BCUT2D eigenvalue weighted by Gasteiger charge is -2.42. The lowest BCUT2D eigenvalue weighted by molar-refractivity contribution is 0.0487. The largest absolute Gasteiger partial charge is 0.393 e. The third kappa shape index (κ3) is 5.79. The standard InChI is InChI=1S/C34H40N4O4/c1-23-20-42-21-29(18-24(2)39)38(23)28-11-8-25(9-12-28)32-30-19-26(10-13-31(30)36-37-32)33(40)35-22-34(14-16-41-17-15-34)27-6-4-3-5-7-27/h3-13,19,23-24,29,39H,14-18,20-22H2,1-2H3,(H,35,40)(H,36,37). The van der Waals surface area contributed by atoms with Gasteiger partial charge in [-0.3, -0.25) is 9.89 Å². The fourth-order valence-corrected chi connectivity index (χ4v) is 6.58. The molecular weight excluding hydrogens is 528 g/mol. The first-order valence-electron chi connectivity index (χ1n) is 15.0. The van der Waals surface area contributed by atoms with Gasteiger partial charge in [0.05, 0.1) is 36.6 Å². The Morgan fingerprint density at radius 1 is 1.07 bits per heavy atom. The van der Waals surface area contributed by atoms with Crippen LogP contribution in [0.3, 0.4) is 0 Å². The van der Waals surface area contributed by atoms with Crippen molar-refractivity contribution in [1.29, 1.82) is 0 Å². The fraction of sp³-hybridized carbons (Fsp3) is 0.412. The number of aliphatic hydroxyl groups excluding tert-OH is 1. The van der Waals surface area contributed by atoms with Gasteiger partial charge in [-0.05, 0) is 69.0 Å². The number of aromatic nitrogens is 2. The first kappa shape index (κ1) is 28.4. The first-order valence-corrected chi connectivity index (χ1v) is 15.0. The van der Waals surface area contributed by atoms with Crippen molar-refractivity contribution in [2.24, 2.45) is 0 Å². The van der Waals surface area contributed by atoms with E-state index >= 15 is 0 Å². The van der Waals surface area contributed by atoms with Crippen LogP contribution in [-0.2, 0) is 14.9 Å². The van der Waals surface area contributed by atoms with Crippen molar-refractivity contribution >= 4 is 22.5 Å². The summed E-state index contributed by atoms with van der Waals surface area (Å²) in [5, 5.41) is 21.9. The third-order valence-corrected chi connectivity index (χ3v) is 8.84. The summed E-state index contributed by atoms with van der Waals surface area (Å²) >= 11 is 0. The molecule has 3 N–H and O–H groups in total. The third-order valence-electron chi connectivity index (χ3n) is 8.84. The highest BCUT2D eigenvalue weighted by atomic mass is 16.5. The summed E-state index contributed by atoms with van der Waals surface area (Å²) in [7, 11) is 0. The van der Waals surface area contributed by atoms with Gasteiger partial charge in [0.2, 0.25) is 0 Å². The zero-order valence-electron chi connectivity index (χ0n) is 24.4. The second kappa shape index (κ2) is 12.3. The predicted molar refractivity (Wildman–Crippen MR) is 165 cm³/mol. The number of rotatable bonds is 8. The van der Waals surface area contributed by atoms with Gasteiger partial charge >= 0.3 is 0 Å². The van der Waals surface area contributed by atoms with E-state index in [1.165, 1.54) is 5.56 Å². The zero-order chi connectivity index (χ0) is 29.1. The SMILES string of the molecule is CC(O)CC1COCC(C)N1c1ccc(-c2n[nH]c3ccc(C(=O)NCC4(c5ccccc5)CCOCC4)cc23)cc1. The zero-order valence-corrected chi connectivity index (χ0v) is 24.4. The van der Waals surface area contributed by atoms with Gasteiger partial charge in [-0.1, -0.05) is 42.5 Å². The predicted octanol–water partition coefficient (Wildman–Crippen LogP) is 5.07. The number of nitrogens with one attached hydrogen (secondary N) is 2. The second-order valence-electron chi connectivity index (χ2n) is 11.9. The second-order valence-corrected chi connectivity index (χ2v) is 11.9. The molecule has 6 rings (SSSR count). The van der Waals surface area contributed by atoms with E-state index in [2.05, 4.69) is 75.9 Å². The lowest BCUT2D eigenvalue weighted by Crippen LogP contribution is -2.52. The smallest absolute Gasteiger partial charge is 0.251 e. The summed E-state index contributed by atoms with van der Waals surface area (Å²) in [5.41, 5.74) is 5.49. The number of aromatic amines is 1. The molecule has 0 spiro atoms. The number of hydrogen-bond acceptors (Lipinski definition) is 6. The van der Waals surface area contributed by atoms with E-state index < -0.39 is 6.10 Å². The Hall–Kier alpha value is -3.72. The van der Waals surface area contributed by atoms with Crippen LogP contribution in [0, 0.1) is 0 Å². The number of carbonyl (C=O) groups is 1. The van der Waals surface area contributed by atoms with E-state index in [4.69, 9.17) is 9.47 Å². The number of amides is 1. The number of benzene rings is 3. The maximum atomic E-state index is 13.4. The van der Waals surface area contributed by atoms with Crippen molar-refractivity contribution in [3.8, 4) is 11.3 Å². The molecule has 3 atom stereocenters. The number of nitrogens with zero attached hydrogens (tertiary/aromatic N) is 2. The van der Waals surface area contributed by atoms with Gasteiger partial charge in [0, 0.05) is 53.4 Å². The monoisotopic (exact) mass is 568 g/mol. The van der Waals surface area contributed by atoms with Crippen molar-refractivity contribution in [3.05, 3.63) is 83.9 Å². The summed E-state index contributed by atoms with van der Waals surface area (Å²) in [6, 6.07) is 24.9. The molecule has 2 fully saturated rings. The highest BCUT2D eigenvalue weighted by molar-refractivity contribution is 6.01. The molecule has 4 aromatic rings. The topological polar surface area (TPSA) is 99.7 Å². The van der Waals surface area contributed by atoms with Crippen LogP contribution in [0.5, 0.6) is 0 Å². The van der Waals surface area contributed by atoms with E-state index in [1.807, 2.05) is 31.2 Å². The maximum absolute atomic E-state index is 13.4. The summed E-state index contributed by atoms with van der Waals surface area (Å²) in [5.74, 6) is -0.0911. The summed E-state index contributed by atoms with van der Waals surface area (Å²) in [4.78, 5) is 15.8. The lowest BCUT2D eigenvalue weighted by atomic mass is 9.74. The summed E-state index contributed by atoms with van der Waals surface area (Å²) in [6.07, 6.45) is 2.01. The fourth-order valence-electron chi connectivity index (χ4n) is 6.58. The Morgan fingerprint density at radius 3 is 2.57 bits per heavy atom. The summed E-state index contributed by atoms with van der Waals surface area (Å²) < 4.78 is 11.4. The van der Waals surface area contributed by atoms with Crippen LogP contribution in [0.1, 0.15) is 49.0 Å². The number of ether oxygens (including phenoxy) is 2. The minimum Gasteiger partial charge on any atom is -0.393 e. The molecule has 1 amide bonds. The normalized spacial score (nSPS) is 21.3. The Balaban J connectivity index is 1.21. The minimum atomic E-state index is -0.395. The number of anilines is 1. The number of H-pyrrole nitrogens is 1. The van der Waals surface area contributed by atoms with E-state index in [1.54, 1.807) is 0 Å². The van der Waals surface area contributed by atoms with Crippen LogP contribution in [-0.4, -0.2) is 72.4 Å². The van der Waals surface area contributed by atoms with E-state index in [0.717, 1.165) is 40.7 Å². The van der Waals surface area contributed by atoms with E-state index in [0.29, 0.717) is 45.0 Å². The molecule has 2 saturated heterocycles. The number of morpholine rings is 1. The van der Waals surface area contributed by atoms with Crippen LogP contribution in [0.4, 0.5) is 5.69 Å². The average Bonchev–Trinajstić information content (AvgIpc) is 3.44. The van der Waals surface area contributed by atoms with E-state index in [9.17, 15) is 9.90 Å². The Bertz CT molecular complexity index is 1500. The molecule has 8 nitrogen and oxygen atoms in total. The molecule has 42 heavy (non-hydrogen) atoms. The molecule has 8 heteroatoms. The van der Waals surface area contributed by atoms with Crippen LogP contribution in [0.25, 0.3) is 22.2 Å². The van der Waals surface area contributed by atoms with Crippen molar-refractivity contribution in [2.45, 2.75) is 56.7 Å². The van der Waals surface area contributed by atoms with Crippen LogP contribution < -0.4 is 10.2 Å². The van der Waals surface area contributed by atoms with Gasteiger partial charge in [-0.2, -0.15) is 5.10 Å². The number of aliphatic hydroxyl groups is 1. The average molecular weight is 569 g/mol. The number of fused-ring (bicyclic) bond motifs is 1.